The summed E-state index contributed by atoms with van der Waals surface area (Å²) in [6, 6.07) is 8.63. The van der Waals surface area contributed by atoms with Gasteiger partial charge in [0.05, 0.1) is 0 Å². The van der Waals surface area contributed by atoms with Gasteiger partial charge in [0.1, 0.15) is 0 Å². The Bertz CT molecular complexity index is 502. The first-order valence-electron chi connectivity index (χ1n) is 6.43. The van der Waals surface area contributed by atoms with Gasteiger partial charge in [0.25, 0.3) is 0 Å². The zero-order valence-corrected chi connectivity index (χ0v) is 12.3. The first-order chi connectivity index (χ1) is 9.36. The Hall–Kier alpha value is -1.23. The van der Waals surface area contributed by atoms with Gasteiger partial charge in [-0.2, -0.15) is 0 Å². The maximum atomic E-state index is 9.87. The number of hydrogen-bond donors (Lipinski definition) is 0. The number of fused-ring (bicyclic) bond motifs is 1. The van der Waals surface area contributed by atoms with E-state index in [1.165, 1.54) is 30.6 Å². The molecule has 1 aromatic rings. The normalized spacial score (nSPS) is 17.2. The van der Waals surface area contributed by atoms with Crippen molar-refractivity contribution >= 4 is 19.6 Å². The van der Waals surface area contributed by atoms with E-state index in [0.717, 1.165) is 6.54 Å². The van der Waals surface area contributed by atoms with E-state index in [0.29, 0.717) is 0 Å². The quantitative estimate of drug-likeness (QED) is 0.433. The van der Waals surface area contributed by atoms with Crippen LogP contribution in [-0.4, -0.2) is 13.1 Å². The minimum atomic E-state index is -10.7. The van der Waals surface area contributed by atoms with Gasteiger partial charge in [-0.1, -0.05) is 43.7 Å². The smallest absolute Gasteiger partial charge is 1.00 e. The molecule has 8 heteroatoms. The molecule has 1 heterocycles. The number of hydrogen-bond acceptors (Lipinski definition) is 1. The number of benzene rings is 1. The van der Waals surface area contributed by atoms with Crippen molar-refractivity contribution in [1.29, 1.82) is 0 Å². The topological polar surface area (TPSA) is 3.24 Å². The summed E-state index contributed by atoms with van der Waals surface area (Å²) in [6.45, 7) is 4.49. The molecule has 0 amide bonds. The molecule has 1 aromatic carbocycles. The summed E-state index contributed by atoms with van der Waals surface area (Å²) >= 11 is 0. The van der Waals surface area contributed by atoms with Crippen LogP contribution in [0.2, 0.25) is 0 Å². The van der Waals surface area contributed by atoms with Crippen LogP contribution in [0.5, 0.6) is 0 Å². The van der Waals surface area contributed by atoms with Crippen molar-refractivity contribution in [3.8, 4) is 0 Å². The monoisotopic (exact) mass is 333 g/mol. The first kappa shape index (κ1) is 17.8. The third-order valence-electron chi connectivity index (χ3n) is 2.68. The van der Waals surface area contributed by atoms with Crippen LogP contribution in [0.3, 0.4) is 0 Å². The first-order valence-corrected chi connectivity index (χ1v) is 8.46. The number of para-hydroxylation sites is 1. The molecule has 0 atom stereocenters. The Morgan fingerprint density at radius 3 is 2.24 bits per heavy atom. The summed E-state index contributed by atoms with van der Waals surface area (Å²) in [5.41, 5.74) is 2.75. The zero-order valence-electron chi connectivity index (χ0n) is 12.5. The van der Waals surface area contributed by atoms with Gasteiger partial charge in [-0.3, -0.25) is 0 Å². The second kappa shape index (κ2) is 5.52. The van der Waals surface area contributed by atoms with E-state index in [2.05, 4.69) is 48.2 Å². The molecule has 0 aliphatic carbocycles. The van der Waals surface area contributed by atoms with E-state index in [1.807, 2.05) is 0 Å². The average Bonchev–Trinajstić information content (AvgIpc) is 2.32. The van der Waals surface area contributed by atoms with E-state index < -0.39 is 7.81 Å². The largest absolute Gasteiger partial charge is 1.00 e. The Kier molecular flexibility index (Phi) is 4.68. The minimum Gasteiger partial charge on any atom is 1.00 e. The summed E-state index contributed by atoms with van der Waals surface area (Å²) in [6.07, 6.45) is 7.01. The summed E-state index contributed by atoms with van der Waals surface area (Å²) in [5.74, 6) is 0. The van der Waals surface area contributed by atoms with Crippen LogP contribution in [0.1, 0.15) is 26.8 Å². The van der Waals surface area contributed by atoms with E-state index in [9.17, 15) is 25.2 Å². The minimum absolute atomic E-state index is 0. The summed E-state index contributed by atoms with van der Waals surface area (Å²) in [7, 11) is -10.7. The molecular formula is C13H18F6NP. The average molecular weight is 333 g/mol. The van der Waals surface area contributed by atoms with Crippen molar-refractivity contribution in [2.75, 3.05) is 18.0 Å². The molecule has 1 aliphatic rings. The SMILES string of the molecule is CCCCN1CC=Cc2ccccc21.F[P-](F)(F)(F)(F)F.[H+]. The Morgan fingerprint density at radius 2 is 1.67 bits per heavy atom. The molecule has 0 saturated carbocycles. The van der Waals surface area contributed by atoms with Crippen molar-refractivity contribution in [2.24, 2.45) is 0 Å². The van der Waals surface area contributed by atoms with Crippen LogP contribution < -0.4 is 4.90 Å². The fraction of sp³-hybridized carbons (Fsp3) is 0.385. The van der Waals surface area contributed by atoms with Crippen LogP contribution >= 0.6 is 7.81 Å². The fourth-order valence-corrected chi connectivity index (χ4v) is 1.88. The van der Waals surface area contributed by atoms with Crippen LogP contribution in [0.25, 0.3) is 6.08 Å². The van der Waals surface area contributed by atoms with Crippen LogP contribution in [-0.2, 0) is 0 Å². The van der Waals surface area contributed by atoms with E-state index in [-0.39, 0.29) is 1.43 Å². The number of rotatable bonds is 3. The maximum absolute atomic E-state index is 10.7. The molecule has 2 rings (SSSR count). The number of nitrogens with zero attached hydrogens (tertiary/aromatic N) is 1. The molecule has 0 unspecified atom stereocenters. The second-order valence-electron chi connectivity index (χ2n) is 4.72. The van der Waals surface area contributed by atoms with Gasteiger partial charge in [0.2, 0.25) is 0 Å². The molecule has 122 valence electrons. The van der Waals surface area contributed by atoms with Gasteiger partial charge in [-0.25, -0.2) is 0 Å². The summed E-state index contributed by atoms with van der Waals surface area (Å²) < 4.78 is 59.2. The van der Waals surface area contributed by atoms with Crippen molar-refractivity contribution in [3.05, 3.63) is 35.9 Å². The van der Waals surface area contributed by atoms with Gasteiger partial charge < -0.3 is 4.90 Å². The van der Waals surface area contributed by atoms with E-state index in [4.69, 9.17) is 0 Å². The molecule has 21 heavy (non-hydrogen) atoms. The molecule has 1 nitrogen and oxygen atoms in total. The predicted octanol–water partition coefficient (Wildman–Crippen LogP) is 6.81. The Balaban J connectivity index is 0.000000478. The molecule has 0 aromatic heterocycles. The standard InChI is InChI=1S/C13H17N.F6P/c1-2-3-10-14-11-6-8-12-7-4-5-9-13(12)14;1-7(2,3,4,5)6/h4-9H,2-3,10-11H2,1H3;/q;-1/p+1. The van der Waals surface area contributed by atoms with Crippen molar-refractivity contribution in [3.63, 3.8) is 0 Å². The molecular weight excluding hydrogens is 315 g/mol. The molecule has 0 bridgehead atoms. The molecule has 1 aliphatic heterocycles. The number of anilines is 1. The van der Waals surface area contributed by atoms with Gasteiger partial charge >= 0.3 is 34.4 Å². The zero-order chi connectivity index (χ0) is 16.2. The Labute approximate surface area is 121 Å². The molecule has 0 radical (unpaired) electrons. The number of halogens is 6. The Morgan fingerprint density at radius 1 is 1.10 bits per heavy atom. The predicted molar refractivity (Wildman–Crippen MR) is 77.3 cm³/mol. The third kappa shape index (κ3) is 9.34. The van der Waals surface area contributed by atoms with E-state index >= 15 is 0 Å². The molecule has 0 fully saturated rings. The molecule has 0 spiro atoms. The third-order valence-corrected chi connectivity index (χ3v) is 2.68. The van der Waals surface area contributed by atoms with E-state index in [1.54, 1.807) is 0 Å². The fourth-order valence-electron chi connectivity index (χ4n) is 1.88. The summed E-state index contributed by atoms with van der Waals surface area (Å²) in [5, 5.41) is 0. The van der Waals surface area contributed by atoms with Crippen LogP contribution in [0.15, 0.2) is 30.3 Å². The van der Waals surface area contributed by atoms with Gasteiger partial charge in [-0.05, 0) is 18.1 Å². The molecule has 0 saturated heterocycles. The van der Waals surface area contributed by atoms with Crippen molar-refractivity contribution < 1.29 is 26.6 Å². The molecule has 0 N–H and O–H groups in total. The van der Waals surface area contributed by atoms with Crippen LogP contribution in [0.4, 0.5) is 30.9 Å². The summed E-state index contributed by atoms with van der Waals surface area (Å²) in [4.78, 5) is 2.46. The van der Waals surface area contributed by atoms with Crippen LogP contribution in [0, 0.1) is 0 Å². The maximum Gasteiger partial charge on any atom is 1.00 e. The number of unbranched alkanes of at least 4 members (excludes halogenated alkanes) is 1. The van der Waals surface area contributed by atoms with Crippen molar-refractivity contribution in [1.82, 2.24) is 0 Å². The second-order valence-corrected chi connectivity index (χ2v) is 6.64. The van der Waals surface area contributed by atoms with Gasteiger partial charge in [0.15, 0.2) is 0 Å². The van der Waals surface area contributed by atoms with Crippen molar-refractivity contribution in [2.45, 2.75) is 19.8 Å². The van der Waals surface area contributed by atoms with Gasteiger partial charge in [0, 0.05) is 18.8 Å². The van der Waals surface area contributed by atoms with Gasteiger partial charge in [-0.15, -0.1) is 0 Å².